The minimum atomic E-state index is 0. The van der Waals surface area contributed by atoms with Crippen LogP contribution < -0.4 is 20.1 Å². The van der Waals surface area contributed by atoms with E-state index >= 15 is 0 Å². The van der Waals surface area contributed by atoms with Gasteiger partial charge in [0, 0.05) is 26.2 Å². The van der Waals surface area contributed by atoms with Gasteiger partial charge in [0.1, 0.15) is 5.82 Å². The van der Waals surface area contributed by atoms with Gasteiger partial charge in [-0.1, -0.05) is 12.1 Å². The molecule has 0 fully saturated rings. The van der Waals surface area contributed by atoms with E-state index in [1.807, 2.05) is 60.8 Å². The highest BCUT2D eigenvalue weighted by Crippen LogP contribution is 2.30. The molecule has 8 nitrogen and oxygen atoms in total. The molecule has 2 heterocycles. The van der Waals surface area contributed by atoms with E-state index in [0.29, 0.717) is 19.8 Å². The molecule has 0 amide bonds. The van der Waals surface area contributed by atoms with Gasteiger partial charge in [-0.05, 0) is 50.6 Å². The van der Waals surface area contributed by atoms with Crippen molar-refractivity contribution >= 4 is 35.6 Å². The van der Waals surface area contributed by atoms with Gasteiger partial charge >= 0.3 is 0 Å². The van der Waals surface area contributed by atoms with E-state index in [1.165, 1.54) is 0 Å². The highest BCUT2D eigenvalue weighted by molar-refractivity contribution is 14.0. The van der Waals surface area contributed by atoms with Crippen LogP contribution in [0.25, 0.3) is 5.65 Å². The third-order valence-electron chi connectivity index (χ3n) is 4.67. The van der Waals surface area contributed by atoms with Gasteiger partial charge in [0.25, 0.3) is 0 Å². The molecular formula is C22H31IN6O2. The molecule has 1 atom stereocenters. The quantitative estimate of drug-likeness (QED) is 0.246. The molecule has 0 saturated heterocycles. The molecule has 0 aliphatic carbocycles. The van der Waals surface area contributed by atoms with E-state index in [9.17, 15) is 0 Å². The molecule has 0 aliphatic heterocycles. The molecule has 31 heavy (non-hydrogen) atoms. The summed E-state index contributed by atoms with van der Waals surface area (Å²) in [5, 5.41) is 15.2. The first-order valence-corrected chi connectivity index (χ1v) is 10.3. The number of aromatic nitrogens is 3. The normalized spacial score (nSPS) is 12.2. The summed E-state index contributed by atoms with van der Waals surface area (Å²) in [4.78, 5) is 4.34. The van der Waals surface area contributed by atoms with Crippen LogP contribution in [0.4, 0.5) is 0 Å². The zero-order valence-corrected chi connectivity index (χ0v) is 20.8. The van der Waals surface area contributed by atoms with Gasteiger partial charge in [-0.25, -0.2) is 0 Å². The molecule has 2 aromatic heterocycles. The van der Waals surface area contributed by atoms with Crippen molar-refractivity contribution in [3.8, 4) is 11.5 Å². The lowest BCUT2D eigenvalue weighted by molar-refractivity contribution is 0.287. The van der Waals surface area contributed by atoms with E-state index < -0.39 is 0 Å². The lowest BCUT2D eigenvalue weighted by atomic mass is 10.1. The largest absolute Gasteiger partial charge is 0.490 e. The van der Waals surface area contributed by atoms with Crippen molar-refractivity contribution in [2.75, 3.05) is 26.8 Å². The van der Waals surface area contributed by atoms with Crippen molar-refractivity contribution in [3.05, 3.63) is 54.0 Å². The number of halogens is 1. The van der Waals surface area contributed by atoms with Gasteiger partial charge in [-0.3, -0.25) is 9.39 Å². The van der Waals surface area contributed by atoms with Crippen LogP contribution in [0.3, 0.4) is 0 Å². The number of aliphatic imine (C=N–C) groups is 1. The molecule has 1 aromatic carbocycles. The van der Waals surface area contributed by atoms with Crippen molar-refractivity contribution in [2.45, 2.75) is 33.2 Å². The predicted molar refractivity (Wildman–Crippen MR) is 134 cm³/mol. The molecule has 3 rings (SSSR count). The Kier molecular flexibility index (Phi) is 9.83. The molecule has 2 N–H and O–H groups in total. The van der Waals surface area contributed by atoms with Crippen molar-refractivity contribution in [3.63, 3.8) is 0 Å². The zero-order valence-electron chi connectivity index (χ0n) is 18.5. The standard InChI is InChI=1S/C22H30N6O2.HI/c1-5-29-18-11-10-17(15-19(18)30-6-2)16(3)25-22(23-4)24-13-12-21-27-26-20-9-7-8-14-28(20)21;/h7-11,14-16H,5-6,12-13H2,1-4H3,(H2,23,24,25);1H. The average molecular weight is 538 g/mol. The molecule has 3 aromatic rings. The lowest BCUT2D eigenvalue weighted by Crippen LogP contribution is -2.39. The number of rotatable bonds is 9. The predicted octanol–water partition coefficient (Wildman–Crippen LogP) is 3.61. The third kappa shape index (κ3) is 6.46. The number of pyridine rings is 1. The molecule has 0 saturated carbocycles. The Morgan fingerprint density at radius 3 is 2.61 bits per heavy atom. The molecule has 0 bridgehead atoms. The fraction of sp³-hybridized carbons (Fsp3) is 0.409. The summed E-state index contributed by atoms with van der Waals surface area (Å²) < 4.78 is 13.4. The Hall–Kier alpha value is -2.56. The van der Waals surface area contributed by atoms with Gasteiger partial charge in [-0.2, -0.15) is 0 Å². The summed E-state index contributed by atoms with van der Waals surface area (Å²) in [6.07, 6.45) is 2.71. The van der Waals surface area contributed by atoms with Crippen LogP contribution >= 0.6 is 24.0 Å². The first-order chi connectivity index (χ1) is 14.7. The van der Waals surface area contributed by atoms with Gasteiger partial charge in [0.15, 0.2) is 23.1 Å². The Balaban J connectivity index is 0.00000341. The topological polar surface area (TPSA) is 85.1 Å². The first-order valence-electron chi connectivity index (χ1n) is 10.3. The van der Waals surface area contributed by atoms with Crippen molar-refractivity contribution in [1.29, 1.82) is 0 Å². The molecule has 1 unspecified atom stereocenters. The van der Waals surface area contributed by atoms with Gasteiger partial charge in [0.2, 0.25) is 0 Å². The minimum Gasteiger partial charge on any atom is -0.490 e. The second-order valence-corrected chi connectivity index (χ2v) is 6.73. The molecule has 168 valence electrons. The van der Waals surface area contributed by atoms with Gasteiger partial charge in [-0.15, -0.1) is 34.2 Å². The summed E-state index contributed by atoms with van der Waals surface area (Å²) in [5.41, 5.74) is 1.94. The maximum atomic E-state index is 5.74. The van der Waals surface area contributed by atoms with E-state index in [0.717, 1.165) is 40.9 Å². The second-order valence-electron chi connectivity index (χ2n) is 6.73. The van der Waals surface area contributed by atoms with Crippen molar-refractivity contribution in [1.82, 2.24) is 25.2 Å². The van der Waals surface area contributed by atoms with Crippen LogP contribution in [0, 0.1) is 0 Å². The van der Waals surface area contributed by atoms with Crippen LogP contribution in [0.1, 0.15) is 38.2 Å². The first kappa shape index (κ1) is 24.7. The SMILES string of the molecule is CCOc1ccc(C(C)NC(=NC)NCCc2nnc3ccccn23)cc1OCC.I. The van der Waals surface area contributed by atoms with Gasteiger partial charge < -0.3 is 20.1 Å². The molecule has 0 aliphatic rings. The summed E-state index contributed by atoms with van der Waals surface area (Å²) in [7, 11) is 1.76. The fourth-order valence-electron chi connectivity index (χ4n) is 3.17. The second kappa shape index (κ2) is 12.3. The van der Waals surface area contributed by atoms with Crippen LogP contribution in [0.2, 0.25) is 0 Å². The molecule has 9 heteroatoms. The van der Waals surface area contributed by atoms with Crippen LogP contribution in [0.5, 0.6) is 11.5 Å². The lowest BCUT2D eigenvalue weighted by Gasteiger charge is -2.20. The smallest absolute Gasteiger partial charge is 0.191 e. The Morgan fingerprint density at radius 1 is 1.10 bits per heavy atom. The highest BCUT2D eigenvalue weighted by atomic mass is 127. The van der Waals surface area contributed by atoms with Gasteiger partial charge in [0.05, 0.1) is 19.3 Å². The fourth-order valence-corrected chi connectivity index (χ4v) is 3.17. The Labute approximate surface area is 200 Å². The maximum absolute atomic E-state index is 5.74. The number of hydrogen-bond acceptors (Lipinski definition) is 5. The maximum Gasteiger partial charge on any atom is 0.191 e. The number of nitrogens with zero attached hydrogens (tertiary/aromatic N) is 4. The minimum absolute atomic E-state index is 0. The van der Waals surface area contributed by atoms with Crippen molar-refractivity contribution < 1.29 is 9.47 Å². The number of hydrogen-bond donors (Lipinski definition) is 2. The van der Waals surface area contributed by atoms with Crippen LogP contribution in [-0.4, -0.2) is 47.4 Å². The summed E-state index contributed by atoms with van der Waals surface area (Å²) in [6.45, 7) is 7.90. The van der Waals surface area contributed by atoms with Crippen molar-refractivity contribution in [2.24, 2.45) is 4.99 Å². The molecule has 0 radical (unpaired) electrons. The third-order valence-corrected chi connectivity index (χ3v) is 4.67. The number of fused-ring (bicyclic) bond motifs is 1. The Morgan fingerprint density at radius 2 is 1.87 bits per heavy atom. The van der Waals surface area contributed by atoms with Crippen LogP contribution in [0.15, 0.2) is 47.6 Å². The van der Waals surface area contributed by atoms with E-state index in [1.54, 1.807) is 7.05 Å². The van der Waals surface area contributed by atoms with E-state index in [-0.39, 0.29) is 30.0 Å². The number of benzene rings is 1. The molecule has 0 spiro atoms. The summed E-state index contributed by atoms with van der Waals surface area (Å²) in [5.74, 6) is 3.16. The zero-order chi connectivity index (χ0) is 21.3. The average Bonchev–Trinajstić information content (AvgIpc) is 3.17. The van der Waals surface area contributed by atoms with Crippen LogP contribution in [-0.2, 0) is 6.42 Å². The van der Waals surface area contributed by atoms with E-state index in [2.05, 4.69) is 32.7 Å². The summed E-state index contributed by atoms with van der Waals surface area (Å²) >= 11 is 0. The monoisotopic (exact) mass is 538 g/mol. The summed E-state index contributed by atoms with van der Waals surface area (Å²) in [6, 6.07) is 11.9. The van der Waals surface area contributed by atoms with E-state index in [4.69, 9.17) is 9.47 Å². The molecular weight excluding hydrogens is 507 g/mol. The number of ether oxygens (including phenoxy) is 2. The number of guanidine groups is 1. The number of nitrogens with one attached hydrogen (secondary N) is 2. The highest BCUT2D eigenvalue weighted by Gasteiger charge is 2.13. The Bertz CT molecular complexity index is 991.